The zero-order valence-electron chi connectivity index (χ0n) is 13.7. The third kappa shape index (κ3) is 7.30. The Bertz CT molecular complexity index is 419. The summed E-state index contributed by atoms with van der Waals surface area (Å²) in [5, 5.41) is 1.39. The first-order valence-corrected chi connectivity index (χ1v) is 23.1. The monoisotopic (exact) mass is 388 g/mol. The highest BCUT2D eigenvalue weighted by molar-refractivity contribution is 7.28. The van der Waals surface area contributed by atoms with Gasteiger partial charge in [-0.25, -0.2) is 0 Å². The molecule has 0 amide bonds. The fourth-order valence-corrected chi connectivity index (χ4v) is 32.2. The van der Waals surface area contributed by atoms with Gasteiger partial charge >= 0.3 is 0 Å². The topological polar surface area (TPSA) is 27.7 Å². The lowest BCUT2D eigenvalue weighted by molar-refractivity contribution is 0.586. The normalized spacial score (nSPS) is 17.4. The molecule has 0 aliphatic rings. The maximum Gasteiger partial charge on any atom is 0.217 e. The SMILES string of the molecule is C=C[SiH](C)O[SiH2][Si](C)(O[SiH2][SiH2]O[SiH](C)C)c1ccccc1. The van der Waals surface area contributed by atoms with E-state index >= 15 is 0 Å². The van der Waals surface area contributed by atoms with Crippen LogP contribution in [0.15, 0.2) is 42.6 Å². The average molecular weight is 389 g/mol. The first kappa shape index (κ1) is 19.2. The van der Waals surface area contributed by atoms with Crippen LogP contribution in [0.3, 0.4) is 0 Å². The van der Waals surface area contributed by atoms with E-state index < -0.39 is 53.8 Å². The second-order valence-electron chi connectivity index (χ2n) is 5.62. The van der Waals surface area contributed by atoms with Crippen LogP contribution in [-0.4, -0.2) is 53.8 Å². The van der Waals surface area contributed by atoms with Crippen LogP contribution in [0.25, 0.3) is 0 Å². The van der Waals surface area contributed by atoms with E-state index in [1.807, 2.05) is 5.70 Å². The van der Waals surface area contributed by atoms with Crippen LogP contribution >= 0.6 is 0 Å². The lowest BCUT2D eigenvalue weighted by atomic mass is 10.4. The molecular formula is C12H28O3Si6. The molecule has 0 bridgehead atoms. The fraction of sp³-hybridized carbons (Fsp3) is 0.333. The summed E-state index contributed by atoms with van der Waals surface area (Å²) in [5.74, 6) is 0. The Balaban J connectivity index is 2.67. The van der Waals surface area contributed by atoms with Crippen LogP contribution in [0.1, 0.15) is 0 Å². The molecule has 1 rings (SSSR count). The van der Waals surface area contributed by atoms with Gasteiger partial charge in [-0.2, -0.15) is 0 Å². The van der Waals surface area contributed by atoms with Crippen molar-refractivity contribution >= 4 is 58.9 Å². The second-order valence-corrected chi connectivity index (χ2v) is 24.9. The molecule has 0 saturated heterocycles. The Hall–Kier alpha value is 0.141. The summed E-state index contributed by atoms with van der Waals surface area (Å²) >= 11 is 0. The minimum absolute atomic E-state index is 0.391. The third-order valence-corrected chi connectivity index (χ3v) is 26.6. The van der Waals surface area contributed by atoms with Crippen molar-refractivity contribution in [3.05, 3.63) is 42.6 Å². The molecule has 0 radical (unpaired) electrons. The van der Waals surface area contributed by atoms with Crippen molar-refractivity contribution in [2.75, 3.05) is 0 Å². The first-order chi connectivity index (χ1) is 9.98. The van der Waals surface area contributed by atoms with E-state index in [4.69, 9.17) is 12.3 Å². The zero-order chi connectivity index (χ0) is 15.7. The molecule has 3 nitrogen and oxygen atoms in total. The quantitative estimate of drug-likeness (QED) is 0.390. The van der Waals surface area contributed by atoms with Gasteiger partial charge in [-0.05, 0) is 31.4 Å². The van der Waals surface area contributed by atoms with Crippen LogP contribution in [0.2, 0.25) is 26.2 Å². The minimum atomic E-state index is -1.84. The van der Waals surface area contributed by atoms with Crippen LogP contribution in [-0.2, 0) is 12.3 Å². The van der Waals surface area contributed by atoms with Crippen molar-refractivity contribution < 1.29 is 12.3 Å². The Labute approximate surface area is 140 Å². The maximum atomic E-state index is 6.52. The first-order valence-electron chi connectivity index (χ1n) is 7.53. The van der Waals surface area contributed by atoms with Crippen molar-refractivity contribution in [3.63, 3.8) is 0 Å². The molecule has 0 aliphatic carbocycles. The molecule has 2 unspecified atom stereocenters. The summed E-state index contributed by atoms with van der Waals surface area (Å²) in [4.78, 5) is 0. The number of hydrogen-bond donors (Lipinski definition) is 0. The molecule has 0 aromatic heterocycles. The van der Waals surface area contributed by atoms with E-state index in [9.17, 15) is 0 Å². The van der Waals surface area contributed by atoms with Gasteiger partial charge in [0.1, 0.15) is 0 Å². The Morgan fingerprint density at radius 3 is 2.33 bits per heavy atom. The van der Waals surface area contributed by atoms with Gasteiger partial charge in [0.15, 0.2) is 45.9 Å². The van der Waals surface area contributed by atoms with Gasteiger partial charge in [-0.3, -0.25) is 0 Å². The molecule has 1 aromatic rings. The van der Waals surface area contributed by atoms with Gasteiger partial charge in [-0.1, -0.05) is 36.0 Å². The summed E-state index contributed by atoms with van der Waals surface area (Å²) in [5.41, 5.74) is 2.01. The molecular weight excluding hydrogens is 361 g/mol. The average Bonchev–Trinajstić information content (AvgIpc) is 2.50. The van der Waals surface area contributed by atoms with Crippen molar-refractivity contribution in [1.82, 2.24) is 0 Å². The van der Waals surface area contributed by atoms with Gasteiger partial charge in [0.25, 0.3) is 0 Å². The molecule has 9 heteroatoms. The number of benzene rings is 1. The zero-order valence-corrected chi connectivity index (χ0v) is 21.2. The summed E-state index contributed by atoms with van der Waals surface area (Å²) in [7, 11) is -5.40. The molecule has 0 N–H and O–H groups in total. The minimum Gasteiger partial charge on any atom is -0.463 e. The Kier molecular flexibility index (Phi) is 9.15. The lowest BCUT2D eigenvalue weighted by Gasteiger charge is -2.29. The molecule has 0 heterocycles. The largest absolute Gasteiger partial charge is 0.463 e. The Morgan fingerprint density at radius 2 is 1.76 bits per heavy atom. The van der Waals surface area contributed by atoms with Crippen LogP contribution in [0.4, 0.5) is 0 Å². The van der Waals surface area contributed by atoms with Crippen LogP contribution < -0.4 is 5.19 Å². The summed E-state index contributed by atoms with van der Waals surface area (Å²) in [6, 6.07) is 10.7. The summed E-state index contributed by atoms with van der Waals surface area (Å²) in [6.07, 6.45) is 0. The molecule has 0 saturated carbocycles. The van der Waals surface area contributed by atoms with E-state index in [-0.39, 0.29) is 0 Å². The van der Waals surface area contributed by atoms with E-state index in [0.717, 1.165) is 0 Å². The molecule has 118 valence electrons. The van der Waals surface area contributed by atoms with Gasteiger partial charge in [0, 0.05) is 0 Å². The molecule has 0 aliphatic heterocycles. The summed E-state index contributed by atoms with van der Waals surface area (Å²) in [6.45, 7) is 12.9. The van der Waals surface area contributed by atoms with Gasteiger partial charge in [0.05, 0.1) is 0 Å². The fourth-order valence-electron chi connectivity index (χ4n) is 1.91. The molecule has 21 heavy (non-hydrogen) atoms. The highest BCUT2D eigenvalue weighted by atomic mass is 29.2. The third-order valence-electron chi connectivity index (χ3n) is 3.29. The van der Waals surface area contributed by atoms with Gasteiger partial charge in [-0.15, -0.1) is 6.58 Å². The van der Waals surface area contributed by atoms with Crippen molar-refractivity contribution in [3.8, 4) is 0 Å². The van der Waals surface area contributed by atoms with Crippen molar-refractivity contribution in [2.45, 2.75) is 26.2 Å². The maximum absolute atomic E-state index is 6.52. The molecule has 0 fully saturated rings. The predicted molar refractivity (Wildman–Crippen MR) is 109 cm³/mol. The van der Waals surface area contributed by atoms with Gasteiger partial charge < -0.3 is 12.3 Å². The predicted octanol–water partition coefficient (Wildman–Crippen LogP) is -0.756. The van der Waals surface area contributed by atoms with Gasteiger partial charge in [0.2, 0.25) is 7.83 Å². The number of hydrogen-bond acceptors (Lipinski definition) is 3. The van der Waals surface area contributed by atoms with Crippen LogP contribution in [0.5, 0.6) is 0 Å². The standard InChI is InChI=1S/C12H28O3Si6/c1-6-20(4)14-18-21(5,12-10-8-7-9-11-12)15-17-16-13-19(2)3/h6-11,19-20H,1,16-18H2,2-5H3. The lowest BCUT2D eigenvalue weighted by Crippen LogP contribution is -2.57. The van der Waals surface area contributed by atoms with E-state index in [2.05, 4.69) is 63.1 Å². The summed E-state index contributed by atoms with van der Waals surface area (Å²) < 4.78 is 18.6. The van der Waals surface area contributed by atoms with Crippen molar-refractivity contribution in [2.24, 2.45) is 0 Å². The highest BCUT2D eigenvalue weighted by Crippen LogP contribution is 2.05. The highest BCUT2D eigenvalue weighted by Gasteiger charge is 2.32. The Morgan fingerprint density at radius 1 is 1.10 bits per heavy atom. The van der Waals surface area contributed by atoms with E-state index in [1.54, 1.807) is 0 Å². The van der Waals surface area contributed by atoms with Crippen molar-refractivity contribution in [1.29, 1.82) is 0 Å². The van der Waals surface area contributed by atoms with Crippen LogP contribution in [0, 0.1) is 0 Å². The van der Waals surface area contributed by atoms with E-state index in [0.29, 0.717) is 0 Å². The number of rotatable bonds is 10. The second kappa shape index (κ2) is 10.0. The van der Waals surface area contributed by atoms with E-state index in [1.165, 1.54) is 5.19 Å². The molecule has 0 spiro atoms. The molecule has 2 atom stereocenters. The smallest absolute Gasteiger partial charge is 0.217 e. The molecule has 1 aromatic carbocycles.